The minimum Gasteiger partial charge on any atom is -0.483 e. The summed E-state index contributed by atoms with van der Waals surface area (Å²) in [6, 6.07) is 11.2. The number of hydrogen-bond donors (Lipinski definition) is 1. The second-order valence-corrected chi connectivity index (χ2v) is 3.34. The second-order valence-electron chi connectivity index (χ2n) is 3.34. The Balaban J connectivity index is 2.02. The topological polar surface area (TPSA) is 48.4 Å². The maximum Gasteiger partial charge on any atom is 0.146 e. The van der Waals surface area contributed by atoms with Gasteiger partial charge in [-0.05, 0) is 31.2 Å². The molecule has 2 rings (SSSR count). The molecule has 1 heterocycles. The van der Waals surface area contributed by atoms with E-state index in [1.807, 2.05) is 43.3 Å². The monoisotopic (exact) mass is 203 g/mol. The van der Waals surface area contributed by atoms with E-state index in [1.54, 1.807) is 0 Å². The number of ether oxygens (including phenoxy) is 1. The molecule has 2 N–H and O–H groups in total. The van der Waals surface area contributed by atoms with Gasteiger partial charge in [0.1, 0.15) is 23.9 Å². The van der Waals surface area contributed by atoms with Crippen LogP contribution in [0.3, 0.4) is 0 Å². The van der Waals surface area contributed by atoms with E-state index in [2.05, 4.69) is 0 Å². The summed E-state index contributed by atoms with van der Waals surface area (Å²) < 4.78 is 10.9. The first-order valence-electron chi connectivity index (χ1n) is 4.78. The Morgan fingerprint density at radius 2 is 2.00 bits per heavy atom. The summed E-state index contributed by atoms with van der Waals surface area (Å²) in [5.41, 5.74) is 6.37. The zero-order valence-electron chi connectivity index (χ0n) is 8.57. The number of para-hydroxylation sites is 2. The third-order valence-corrected chi connectivity index (χ3v) is 2.08. The molecule has 0 aliphatic rings. The van der Waals surface area contributed by atoms with E-state index in [0.717, 1.165) is 11.5 Å². The van der Waals surface area contributed by atoms with E-state index in [0.29, 0.717) is 18.0 Å². The molecule has 0 fully saturated rings. The van der Waals surface area contributed by atoms with Crippen molar-refractivity contribution in [2.75, 3.05) is 5.73 Å². The van der Waals surface area contributed by atoms with E-state index < -0.39 is 0 Å². The molecule has 0 aliphatic heterocycles. The first kappa shape index (κ1) is 9.65. The van der Waals surface area contributed by atoms with Gasteiger partial charge in [0.2, 0.25) is 0 Å². The van der Waals surface area contributed by atoms with E-state index in [1.165, 1.54) is 0 Å². The summed E-state index contributed by atoms with van der Waals surface area (Å²) in [5, 5.41) is 0. The second kappa shape index (κ2) is 4.09. The highest BCUT2D eigenvalue weighted by atomic mass is 16.5. The summed E-state index contributed by atoms with van der Waals surface area (Å²) in [7, 11) is 0. The molecule has 0 atom stereocenters. The van der Waals surface area contributed by atoms with Gasteiger partial charge in [0, 0.05) is 0 Å². The van der Waals surface area contributed by atoms with Crippen LogP contribution in [0.5, 0.6) is 5.75 Å². The summed E-state index contributed by atoms with van der Waals surface area (Å²) in [4.78, 5) is 0. The van der Waals surface area contributed by atoms with Gasteiger partial charge in [-0.25, -0.2) is 0 Å². The number of nitrogen functional groups attached to an aromatic ring is 1. The third kappa shape index (κ3) is 2.31. The number of anilines is 1. The molecule has 3 heteroatoms. The molecule has 78 valence electrons. The van der Waals surface area contributed by atoms with Crippen LogP contribution in [-0.2, 0) is 6.61 Å². The van der Waals surface area contributed by atoms with Gasteiger partial charge in [-0.15, -0.1) is 0 Å². The quantitative estimate of drug-likeness (QED) is 0.780. The van der Waals surface area contributed by atoms with Crippen molar-refractivity contribution in [2.45, 2.75) is 13.5 Å². The fourth-order valence-electron chi connectivity index (χ4n) is 1.32. The number of nitrogens with two attached hydrogens (primary N) is 1. The van der Waals surface area contributed by atoms with Crippen LogP contribution in [-0.4, -0.2) is 0 Å². The number of hydrogen-bond acceptors (Lipinski definition) is 3. The van der Waals surface area contributed by atoms with Gasteiger partial charge in [-0.3, -0.25) is 0 Å². The van der Waals surface area contributed by atoms with Crippen molar-refractivity contribution in [3.05, 3.63) is 47.9 Å². The smallest absolute Gasteiger partial charge is 0.146 e. The first-order valence-corrected chi connectivity index (χ1v) is 4.78. The molecular weight excluding hydrogens is 190 g/mol. The number of rotatable bonds is 3. The summed E-state index contributed by atoms with van der Waals surface area (Å²) in [5.74, 6) is 2.37. The van der Waals surface area contributed by atoms with Crippen LogP contribution in [0.25, 0.3) is 0 Å². The van der Waals surface area contributed by atoms with Crippen molar-refractivity contribution in [2.24, 2.45) is 0 Å². The van der Waals surface area contributed by atoms with Crippen molar-refractivity contribution in [1.82, 2.24) is 0 Å². The molecule has 1 aromatic carbocycles. The van der Waals surface area contributed by atoms with E-state index in [4.69, 9.17) is 14.9 Å². The van der Waals surface area contributed by atoms with Crippen LogP contribution in [0, 0.1) is 6.92 Å². The van der Waals surface area contributed by atoms with Crippen LogP contribution < -0.4 is 10.5 Å². The molecule has 15 heavy (non-hydrogen) atoms. The lowest BCUT2D eigenvalue weighted by atomic mass is 10.3. The Kier molecular flexibility index (Phi) is 2.63. The zero-order valence-corrected chi connectivity index (χ0v) is 8.57. The van der Waals surface area contributed by atoms with Crippen molar-refractivity contribution >= 4 is 5.69 Å². The lowest BCUT2D eigenvalue weighted by Crippen LogP contribution is -1.97. The maximum absolute atomic E-state index is 5.73. The Morgan fingerprint density at radius 1 is 1.20 bits per heavy atom. The van der Waals surface area contributed by atoms with Gasteiger partial charge in [0.25, 0.3) is 0 Å². The molecule has 0 saturated heterocycles. The Labute approximate surface area is 88.5 Å². The van der Waals surface area contributed by atoms with Crippen molar-refractivity contribution in [1.29, 1.82) is 0 Å². The van der Waals surface area contributed by atoms with Crippen molar-refractivity contribution in [3.63, 3.8) is 0 Å². The molecule has 0 aliphatic carbocycles. The average molecular weight is 203 g/mol. The predicted octanol–water partition coefficient (Wildman–Crippen LogP) is 2.75. The Hall–Kier alpha value is -1.90. The molecule has 3 nitrogen and oxygen atoms in total. The summed E-state index contributed by atoms with van der Waals surface area (Å²) >= 11 is 0. The molecular formula is C12H13NO2. The van der Waals surface area contributed by atoms with E-state index >= 15 is 0 Å². The molecule has 0 unspecified atom stereocenters. The molecule has 0 saturated carbocycles. The van der Waals surface area contributed by atoms with Gasteiger partial charge >= 0.3 is 0 Å². The van der Waals surface area contributed by atoms with Gasteiger partial charge < -0.3 is 14.9 Å². The Bertz CT molecular complexity index is 448. The number of furan rings is 1. The molecule has 2 aromatic rings. The maximum atomic E-state index is 5.73. The van der Waals surface area contributed by atoms with Crippen LogP contribution >= 0.6 is 0 Å². The largest absolute Gasteiger partial charge is 0.483 e. The van der Waals surface area contributed by atoms with Gasteiger partial charge in [0.05, 0.1) is 5.69 Å². The highest BCUT2D eigenvalue weighted by Crippen LogP contribution is 2.21. The standard InChI is InChI=1S/C12H13NO2/c1-9-6-7-10(15-9)8-14-12-5-3-2-4-11(12)13/h2-7H,8,13H2,1H3. The summed E-state index contributed by atoms with van der Waals surface area (Å²) in [6.45, 7) is 2.31. The first-order chi connectivity index (χ1) is 7.25. The van der Waals surface area contributed by atoms with Crippen LogP contribution in [0.4, 0.5) is 5.69 Å². The number of aryl methyl sites for hydroxylation is 1. The third-order valence-electron chi connectivity index (χ3n) is 2.08. The normalized spacial score (nSPS) is 10.2. The molecule has 1 aromatic heterocycles. The van der Waals surface area contributed by atoms with Crippen LogP contribution in [0.1, 0.15) is 11.5 Å². The predicted molar refractivity (Wildman–Crippen MR) is 58.6 cm³/mol. The van der Waals surface area contributed by atoms with E-state index in [9.17, 15) is 0 Å². The SMILES string of the molecule is Cc1ccc(COc2ccccc2N)o1. The van der Waals surface area contributed by atoms with Crippen LogP contribution in [0.15, 0.2) is 40.8 Å². The van der Waals surface area contributed by atoms with Crippen molar-refractivity contribution in [3.8, 4) is 5.75 Å². The van der Waals surface area contributed by atoms with Gasteiger partial charge in [-0.1, -0.05) is 12.1 Å². The minimum atomic E-state index is 0.405. The molecule has 0 amide bonds. The fourth-order valence-corrected chi connectivity index (χ4v) is 1.32. The highest BCUT2D eigenvalue weighted by Gasteiger charge is 2.02. The summed E-state index contributed by atoms with van der Waals surface area (Å²) in [6.07, 6.45) is 0. The zero-order chi connectivity index (χ0) is 10.7. The van der Waals surface area contributed by atoms with Crippen molar-refractivity contribution < 1.29 is 9.15 Å². The van der Waals surface area contributed by atoms with Gasteiger partial charge in [0.15, 0.2) is 0 Å². The van der Waals surface area contributed by atoms with Crippen LogP contribution in [0.2, 0.25) is 0 Å². The Morgan fingerprint density at radius 3 is 2.67 bits per heavy atom. The van der Waals surface area contributed by atoms with E-state index in [-0.39, 0.29) is 0 Å². The number of benzene rings is 1. The average Bonchev–Trinajstić information content (AvgIpc) is 2.63. The lowest BCUT2D eigenvalue weighted by Gasteiger charge is -2.06. The fraction of sp³-hybridized carbons (Fsp3) is 0.167. The molecule has 0 bridgehead atoms. The molecule has 0 spiro atoms. The lowest BCUT2D eigenvalue weighted by molar-refractivity contribution is 0.269. The minimum absolute atomic E-state index is 0.405. The molecule has 0 radical (unpaired) electrons. The highest BCUT2D eigenvalue weighted by molar-refractivity contribution is 5.51. The van der Waals surface area contributed by atoms with Gasteiger partial charge in [-0.2, -0.15) is 0 Å².